The molecule has 0 aliphatic heterocycles. The number of carbonyl (C=O) groups is 2. The summed E-state index contributed by atoms with van der Waals surface area (Å²) in [6.45, 7) is 2.90. The predicted molar refractivity (Wildman–Crippen MR) is 70.0 cm³/mol. The Labute approximate surface area is 113 Å². The van der Waals surface area contributed by atoms with Crippen LogP contribution >= 0.6 is 0 Å². The normalized spacial score (nSPS) is 11.9. The first-order chi connectivity index (χ1) is 9.06. The van der Waals surface area contributed by atoms with Crippen molar-refractivity contribution in [3.05, 3.63) is 0 Å². The van der Waals surface area contributed by atoms with Crippen molar-refractivity contribution in [2.45, 2.75) is 32.2 Å². The Bertz CT molecular complexity index is 267. The van der Waals surface area contributed by atoms with Gasteiger partial charge < -0.3 is 25.2 Å². The fourth-order valence-corrected chi connectivity index (χ4v) is 1.64. The van der Waals surface area contributed by atoms with Gasteiger partial charge in [-0.25, -0.2) is 9.59 Å². The van der Waals surface area contributed by atoms with Gasteiger partial charge in [0.25, 0.3) is 0 Å². The molecular formula is C12H24N2O5. The van der Waals surface area contributed by atoms with Crippen molar-refractivity contribution in [3.8, 4) is 0 Å². The summed E-state index contributed by atoms with van der Waals surface area (Å²) in [4.78, 5) is 24.3. The Morgan fingerprint density at radius 1 is 1.37 bits per heavy atom. The number of nitrogens with zero attached hydrogens (tertiary/aromatic N) is 1. The maximum absolute atomic E-state index is 11.9. The summed E-state index contributed by atoms with van der Waals surface area (Å²) in [5.74, 6) is -1.06. The van der Waals surface area contributed by atoms with E-state index in [9.17, 15) is 9.59 Å². The Kier molecular flexibility index (Phi) is 9.82. The molecule has 0 fully saturated rings. The van der Waals surface area contributed by atoms with Crippen LogP contribution in [-0.4, -0.2) is 66.6 Å². The molecule has 0 aromatic rings. The van der Waals surface area contributed by atoms with Gasteiger partial charge >= 0.3 is 12.0 Å². The molecule has 0 aromatic heterocycles. The highest BCUT2D eigenvalue weighted by Gasteiger charge is 2.22. The van der Waals surface area contributed by atoms with Gasteiger partial charge in [0.1, 0.15) is 6.04 Å². The zero-order valence-corrected chi connectivity index (χ0v) is 11.6. The van der Waals surface area contributed by atoms with Gasteiger partial charge in [0, 0.05) is 26.8 Å². The van der Waals surface area contributed by atoms with Crippen LogP contribution in [-0.2, 0) is 9.53 Å². The number of carboxylic acids is 1. The van der Waals surface area contributed by atoms with Crippen molar-refractivity contribution in [1.82, 2.24) is 10.2 Å². The van der Waals surface area contributed by atoms with Crippen LogP contribution in [0.25, 0.3) is 0 Å². The molecule has 0 aliphatic carbocycles. The highest BCUT2D eigenvalue weighted by molar-refractivity contribution is 5.82. The number of aliphatic carboxylic acids is 1. The largest absolute Gasteiger partial charge is 0.480 e. The number of methoxy groups -OCH3 is 1. The van der Waals surface area contributed by atoms with Crippen molar-refractivity contribution >= 4 is 12.0 Å². The molecule has 0 spiro atoms. The highest BCUT2D eigenvalue weighted by Crippen LogP contribution is 2.01. The third-order valence-corrected chi connectivity index (χ3v) is 2.59. The van der Waals surface area contributed by atoms with Gasteiger partial charge in [-0.3, -0.25) is 0 Å². The minimum Gasteiger partial charge on any atom is -0.480 e. The summed E-state index contributed by atoms with van der Waals surface area (Å²) in [6, 6.07) is -1.39. The molecule has 7 heteroatoms. The Balaban J connectivity index is 4.37. The average molecular weight is 276 g/mol. The number of aliphatic hydroxyl groups is 1. The summed E-state index contributed by atoms with van der Waals surface area (Å²) >= 11 is 0. The zero-order valence-electron chi connectivity index (χ0n) is 11.6. The van der Waals surface area contributed by atoms with Crippen molar-refractivity contribution in [3.63, 3.8) is 0 Å². The predicted octanol–water partition coefficient (Wildman–Crippen LogP) is 0.280. The molecule has 0 radical (unpaired) electrons. The van der Waals surface area contributed by atoms with E-state index in [0.717, 1.165) is 6.42 Å². The maximum atomic E-state index is 11.9. The monoisotopic (exact) mass is 276 g/mol. The smallest absolute Gasteiger partial charge is 0.326 e. The first-order valence-corrected chi connectivity index (χ1v) is 6.44. The molecule has 19 heavy (non-hydrogen) atoms. The van der Waals surface area contributed by atoms with E-state index in [4.69, 9.17) is 14.9 Å². The molecule has 112 valence electrons. The molecule has 7 nitrogen and oxygen atoms in total. The zero-order chi connectivity index (χ0) is 14.7. The third-order valence-electron chi connectivity index (χ3n) is 2.59. The molecule has 3 N–H and O–H groups in total. The molecule has 0 heterocycles. The Hall–Kier alpha value is -1.34. The van der Waals surface area contributed by atoms with E-state index in [1.54, 1.807) is 7.11 Å². The number of carbonyl (C=O) groups excluding carboxylic acids is 1. The standard InChI is InChI=1S/C12H24N2O5/c1-3-6-14(7-8-15)12(18)13-10(11(16)17)5-4-9-19-2/h10,15H,3-9H2,1-2H3,(H,13,18)(H,16,17). The van der Waals surface area contributed by atoms with Crippen LogP contribution in [0.3, 0.4) is 0 Å². The van der Waals surface area contributed by atoms with E-state index >= 15 is 0 Å². The summed E-state index contributed by atoms with van der Waals surface area (Å²) in [6.07, 6.45) is 1.62. The van der Waals surface area contributed by atoms with Crippen LogP contribution in [0.1, 0.15) is 26.2 Å². The summed E-state index contributed by atoms with van der Waals surface area (Å²) < 4.78 is 4.85. The molecule has 0 bridgehead atoms. The second-order valence-corrected chi connectivity index (χ2v) is 4.19. The van der Waals surface area contributed by atoms with Gasteiger partial charge in [0.2, 0.25) is 0 Å². The highest BCUT2D eigenvalue weighted by atomic mass is 16.5. The molecule has 0 saturated heterocycles. The lowest BCUT2D eigenvalue weighted by Crippen LogP contribution is -2.49. The fourth-order valence-electron chi connectivity index (χ4n) is 1.64. The Morgan fingerprint density at radius 3 is 2.53 bits per heavy atom. The topological polar surface area (TPSA) is 99.1 Å². The van der Waals surface area contributed by atoms with Crippen LogP contribution in [0.2, 0.25) is 0 Å². The van der Waals surface area contributed by atoms with E-state index in [0.29, 0.717) is 26.0 Å². The second kappa shape index (κ2) is 10.6. The lowest BCUT2D eigenvalue weighted by Gasteiger charge is -2.24. The molecule has 0 aliphatic rings. The van der Waals surface area contributed by atoms with Gasteiger partial charge in [-0.15, -0.1) is 0 Å². The number of rotatable bonds is 10. The van der Waals surface area contributed by atoms with E-state index in [1.165, 1.54) is 4.90 Å². The van der Waals surface area contributed by atoms with E-state index < -0.39 is 18.0 Å². The van der Waals surface area contributed by atoms with Gasteiger partial charge in [-0.2, -0.15) is 0 Å². The number of amides is 2. The first-order valence-electron chi connectivity index (χ1n) is 6.44. The lowest BCUT2D eigenvalue weighted by molar-refractivity contribution is -0.139. The van der Waals surface area contributed by atoms with Crippen molar-refractivity contribution in [2.75, 3.05) is 33.4 Å². The molecule has 0 saturated carbocycles. The number of carboxylic acid groups (broad SMARTS) is 1. The van der Waals surface area contributed by atoms with Crippen LogP contribution in [0.4, 0.5) is 4.79 Å². The van der Waals surface area contributed by atoms with Gasteiger partial charge in [-0.05, 0) is 19.3 Å². The molecule has 1 atom stereocenters. The average Bonchev–Trinajstić information content (AvgIpc) is 2.37. The number of hydrogen-bond donors (Lipinski definition) is 3. The van der Waals surface area contributed by atoms with Crippen molar-refractivity contribution < 1.29 is 24.5 Å². The number of urea groups is 1. The SMILES string of the molecule is CCCN(CCO)C(=O)NC(CCCOC)C(=O)O. The minimum absolute atomic E-state index is 0.144. The lowest BCUT2D eigenvalue weighted by atomic mass is 10.1. The van der Waals surface area contributed by atoms with Crippen LogP contribution < -0.4 is 5.32 Å². The van der Waals surface area contributed by atoms with E-state index in [2.05, 4.69) is 5.32 Å². The molecule has 0 rings (SSSR count). The van der Waals surface area contributed by atoms with Crippen LogP contribution in [0, 0.1) is 0 Å². The fraction of sp³-hybridized carbons (Fsp3) is 0.833. The molecule has 0 aromatic carbocycles. The van der Waals surface area contributed by atoms with Crippen molar-refractivity contribution in [2.24, 2.45) is 0 Å². The second-order valence-electron chi connectivity index (χ2n) is 4.19. The summed E-state index contributed by atoms with van der Waals surface area (Å²) in [5, 5.41) is 20.4. The molecular weight excluding hydrogens is 252 g/mol. The number of ether oxygens (including phenoxy) is 1. The maximum Gasteiger partial charge on any atom is 0.326 e. The number of nitrogens with one attached hydrogen (secondary N) is 1. The van der Waals surface area contributed by atoms with E-state index in [1.807, 2.05) is 6.92 Å². The third kappa shape index (κ3) is 7.63. The number of hydrogen-bond acceptors (Lipinski definition) is 4. The first kappa shape index (κ1) is 17.7. The van der Waals surface area contributed by atoms with Crippen LogP contribution in [0.15, 0.2) is 0 Å². The van der Waals surface area contributed by atoms with Gasteiger partial charge in [0.15, 0.2) is 0 Å². The molecule has 2 amide bonds. The Morgan fingerprint density at radius 2 is 2.05 bits per heavy atom. The van der Waals surface area contributed by atoms with E-state index in [-0.39, 0.29) is 13.2 Å². The number of aliphatic hydroxyl groups excluding tert-OH is 1. The minimum atomic E-state index is -1.06. The summed E-state index contributed by atoms with van der Waals surface area (Å²) in [5.41, 5.74) is 0. The van der Waals surface area contributed by atoms with Gasteiger partial charge in [-0.1, -0.05) is 6.92 Å². The molecule has 1 unspecified atom stereocenters. The quantitative estimate of drug-likeness (QED) is 0.498. The van der Waals surface area contributed by atoms with Gasteiger partial charge in [0.05, 0.1) is 6.61 Å². The summed E-state index contributed by atoms with van der Waals surface area (Å²) in [7, 11) is 1.54. The van der Waals surface area contributed by atoms with Crippen molar-refractivity contribution in [1.29, 1.82) is 0 Å². The van der Waals surface area contributed by atoms with Crippen LogP contribution in [0.5, 0.6) is 0 Å².